The molecule has 0 spiro atoms. The molecular formula is C20H26FN3. The van der Waals surface area contributed by atoms with E-state index in [1.807, 2.05) is 37.5 Å². The van der Waals surface area contributed by atoms with Gasteiger partial charge in [0.2, 0.25) is 0 Å². The quantitative estimate of drug-likeness (QED) is 0.566. The molecule has 0 saturated carbocycles. The van der Waals surface area contributed by atoms with Crippen LogP contribution in [0.1, 0.15) is 23.6 Å². The van der Waals surface area contributed by atoms with Crippen LogP contribution in [0.2, 0.25) is 0 Å². The predicted octanol–water partition coefficient (Wildman–Crippen LogP) is 4.69. The van der Waals surface area contributed by atoms with Crippen LogP contribution in [0.15, 0.2) is 41.4 Å². The van der Waals surface area contributed by atoms with Gasteiger partial charge in [0.15, 0.2) is 0 Å². The molecule has 0 aliphatic heterocycles. The summed E-state index contributed by atoms with van der Waals surface area (Å²) in [7, 11) is 3.99. The van der Waals surface area contributed by atoms with Crippen LogP contribution in [-0.4, -0.2) is 31.9 Å². The Morgan fingerprint density at radius 2 is 1.79 bits per heavy atom. The number of halogens is 1. The molecule has 2 rings (SSSR count). The van der Waals surface area contributed by atoms with Gasteiger partial charge in [-0.3, -0.25) is 0 Å². The molecule has 0 saturated heterocycles. The van der Waals surface area contributed by atoms with Crippen molar-refractivity contribution in [2.24, 2.45) is 4.99 Å². The third-order valence-electron chi connectivity index (χ3n) is 4.18. The summed E-state index contributed by atoms with van der Waals surface area (Å²) in [6.45, 7) is 7.66. The van der Waals surface area contributed by atoms with Crippen LogP contribution in [-0.2, 0) is 6.54 Å². The zero-order valence-electron chi connectivity index (χ0n) is 15.2. The molecule has 24 heavy (non-hydrogen) atoms. The maximum atomic E-state index is 13.9. The zero-order chi connectivity index (χ0) is 17.7. The number of aryl methyl sites for hydroxylation is 2. The molecule has 128 valence electrons. The van der Waals surface area contributed by atoms with Crippen molar-refractivity contribution < 1.29 is 4.39 Å². The van der Waals surface area contributed by atoms with E-state index in [1.165, 1.54) is 6.07 Å². The first kappa shape index (κ1) is 18.0. The van der Waals surface area contributed by atoms with Gasteiger partial charge < -0.3 is 9.80 Å². The van der Waals surface area contributed by atoms with Gasteiger partial charge in [-0.05, 0) is 50.1 Å². The van der Waals surface area contributed by atoms with Gasteiger partial charge in [-0.1, -0.05) is 18.2 Å². The second-order valence-corrected chi connectivity index (χ2v) is 6.19. The van der Waals surface area contributed by atoms with Crippen LogP contribution < -0.4 is 4.90 Å². The Bertz CT molecular complexity index is 725. The lowest BCUT2D eigenvalue weighted by Gasteiger charge is -2.23. The first-order chi connectivity index (χ1) is 11.4. The van der Waals surface area contributed by atoms with Crippen LogP contribution in [0.25, 0.3) is 0 Å². The van der Waals surface area contributed by atoms with Gasteiger partial charge in [0, 0.05) is 38.4 Å². The first-order valence-electron chi connectivity index (χ1n) is 8.22. The molecule has 0 bridgehead atoms. The average molecular weight is 327 g/mol. The van der Waals surface area contributed by atoms with E-state index in [4.69, 9.17) is 0 Å². The summed E-state index contributed by atoms with van der Waals surface area (Å²) in [5.74, 6) is -0.164. The van der Waals surface area contributed by atoms with Crippen molar-refractivity contribution in [3.63, 3.8) is 0 Å². The van der Waals surface area contributed by atoms with Crippen molar-refractivity contribution in [3.05, 3.63) is 58.9 Å². The van der Waals surface area contributed by atoms with Crippen LogP contribution >= 0.6 is 0 Å². The van der Waals surface area contributed by atoms with Crippen molar-refractivity contribution in [3.8, 4) is 0 Å². The van der Waals surface area contributed by atoms with E-state index in [0.717, 1.165) is 29.0 Å². The van der Waals surface area contributed by atoms with Gasteiger partial charge in [0.1, 0.15) is 5.82 Å². The summed E-state index contributed by atoms with van der Waals surface area (Å²) in [5, 5.41) is 0. The molecule has 0 N–H and O–H groups in total. The Kier molecular flexibility index (Phi) is 5.96. The number of nitrogens with zero attached hydrogens (tertiary/aromatic N) is 3. The van der Waals surface area contributed by atoms with Crippen LogP contribution in [0.4, 0.5) is 15.8 Å². The number of anilines is 1. The van der Waals surface area contributed by atoms with E-state index in [1.54, 1.807) is 6.07 Å². The molecule has 0 heterocycles. The molecule has 0 atom stereocenters. The second-order valence-electron chi connectivity index (χ2n) is 6.19. The maximum absolute atomic E-state index is 13.9. The highest BCUT2D eigenvalue weighted by Crippen LogP contribution is 2.29. The van der Waals surface area contributed by atoms with E-state index >= 15 is 0 Å². The van der Waals surface area contributed by atoms with Gasteiger partial charge in [-0.25, -0.2) is 9.38 Å². The normalized spacial score (nSPS) is 11.1. The molecule has 4 heteroatoms. The molecule has 3 nitrogen and oxygen atoms in total. The van der Waals surface area contributed by atoms with E-state index in [-0.39, 0.29) is 5.82 Å². The predicted molar refractivity (Wildman–Crippen MR) is 101 cm³/mol. The van der Waals surface area contributed by atoms with Crippen molar-refractivity contribution in [2.75, 3.05) is 25.5 Å². The monoisotopic (exact) mass is 327 g/mol. The lowest BCUT2D eigenvalue weighted by Crippen LogP contribution is -2.18. The minimum atomic E-state index is -0.164. The minimum Gasteiger partial charge on any atom is -0.370 e. The van der Waals surface area contributed by atoms with Crippen molar-refractivity contribution in [2.45, 2.75) is 27.3 Å². The molecule has 0 aliphatic rings. The Hall–Kier alpha value is -2.36. The third kappa shape index (κ3) is 4.34. The van der Waals surface area contributed by atoms with Crippen molar-refractivity contribution >= 4 is 17.7 Å². The van der Waals surface area contributed by atoms with Gasteiger partial charge >= 0.3 is 0 Å². The fourth-order valence-corrected chi connectivity index (χ4v) is 2.55. The number of hydrogen-bond donors (Lipinski definition) is 0. The maximum Gasteiger partial charge on any atom is 0.128 e. The summed E-state index contributed by atoms with van der Waals surface area (Å²) < 4.78 is 13.9. The highest BCUT2D eigenvalue weighted by atomic mass is 19.1. The van der Waals surface area contributed by atoms with Crippen molar-refractivity contribution in [1.29, 1.82) is 0 Å². The molecule has 0 fully saturated rings. The molecule has 0 aromatic heterocycles. The lowest BCUT2D eigenvalue weighted by atomic mass is 10.1. The van der Waals surface area contributed by atoms with Crippen LogP contribution in [0, 0.1) is 19.7 Å². The fourth-order valence-electron chi connectivity index (χ4n) is 2.55. The largest absolute Gasteiger partial charge is 0.370 e. The van der Waals surface area contributed by atoms with E-state index in [9.17, 15) is 4.39 Å². The molecule has 2 aromatic carbocycles. The Balaban J connectivity index is 2.23. The summed E-state index contributed by atoms with van der Waals surface area (Å²) in [5.41, 5.74) is 5.00. The summed E-state index contributed by atoms with van der Waals surface area (Å²) >= 11 is 0. The summed E-state index contributed by atoms with van der Waals surface area (Å²) in [6.07, 6.45) is 1.85. The standard InChI is InChI=1S/C20H26FN3/c1-6-23(4)14-22-19-11-16(3)20(12-15(19)2)24(5)13-17-9-7-8-10-18(17)21/h7-12,14H,6,13H2,1-5H3. The van der Waals surface area contributed by atoms with Gasteiger partial charge in [0.05, 0.1) is 12.0 Å². The third-order valence-corrected chi connectivity index (χ3v) is 4.18. The number of rotatable bonds is 6. The van der Waals surface area contributed by atoms with Gasteiger partial charge in [0.25, 0.3) is 0 Å². The van der Waals surface area contributed by atoms with E-state index < -0.39 is 0 Å². The lowest BCUT2D eigenvalue weighted by molar-refractivity contribution is 0.552. The zero-order valence-corrected chi connectivity index (χ0v) is 15.2. The topological polar surface area (TPSA) is 18.8 Å². The highest BCUT2D eigenvalue weighted by Gasteiger charge is 2.10. The number of hydrogen-bond acceptors (Lipinski definition) is 2. The SMILES string of the molecule is CCN(C)C=Nc1cc(C)c(N(C)Cc2ccccc2F)cc1C. The second kappa shape index (κ2) is 7.95. The Morgan fingerprint density at radius 3 is 2.46 bits per heavy atom. The summed E-state index contributed by atoms with van der Waals surface area (Å²) in [6, 6.07) is 11.1. The van der Waals surface area contributed by atoms with Crippen molar-refractivity contribution in [1.82, 2.24) is 4.90 Å². The highest BCUT2D eigenvalue weighted by molar-refractivity contribution is 5.68. The fraction of sp³-hybridized carbons (Fsp3) is 0.350. The first-order valence-corrected chi connectivity index (χ1v) is 8.22. The number of benzene rings is 2. The van der Waals surface area contributed by atoms with Crippen LogP contribution in [0.3, 0.4) is 0 Å². The Labute approximate surface area is 144 Å². The molecule has 0 unspecified atom stereocenters. The Morgan fingerprint density at radius 1 is 1.08 bits per heavy atom. The van der Waals surface area contributed by atoms with E-state index in [2.05, 4.69) is 42.8 Å². The number of aliphatic imine (C=N–C) groups is 1. The van der Waals surface area contributed by atoms with Crippen LogP contribution in [0.5, 0.6) is 0 Å². The van der Waals surface area contributed by atoms with Gasteiger partial charge in [-0.15, -0.1) is 0 Å². The molecule has 0 radical (unpaired) electrons. The summed E-state index contributed by atoms with van der Waals surface area (Å²) in [4.78, 5) is 8.67. The molecule has 0 amide bonds. The average Bonchev–Trinajstić information content (AvgIpc) is 2.56. The molecule has 0 aliphatic carbocycles. The molecular weight excluding hydrogens is 301 g/mol. The molecule has 2 aromatic rings. The van der Waals surface area contributed by atoms with Gasteiger partial charge in [-0.2, -0.15) is 0 Å². The minimum absolute atomic E-state index is 0.164. The van der Waals surface area contributed by atoms with E-state index in [0.29, 0.717) is 12.1 Å². The smallest absolute Gasteiger partial charge is 0.128 e.